The molecule has 2 aromatic carbocycles. The molecule has 0 fully saturated rings. The van der Waals surface area contributed by atoms with Crippen LogP contribution in [0.3, 0.4) is 0 Å². The van der Waals surface area contributed by atoms with Gasteiger partial charge in [0, 0.05) is 19.0 Å². The number of benzene rings is 2. The van der Waals surface area contributed by atoms with Crippen molar-refractivity contribution in [3.8, 4) is 23.0 Å². The van der Waals surface area contributed by atoms with E-state index in [0.29, 0.717) is 33.7 Å². The molecular weight excluding hydrogens is 456 g/mol. The SMILES string of the molecule is O=C(CCc1ncc(-c2ccccc2F)o1)Nc1ccccc1Oc1ncc(Cl)cc1Cl. The van der Waals surface area contributed by atoms with E-state index in [2.05, 4.69) is 15.3 Å². The van der Waals surface area contributed by atoms with Crippen molar-refractivity contribution in [1.82, 2.24) is 9.97 Å². The third-order valence-electron chi connectivity index (χ3n) is 4.40. The van der Waals surface area contributed by atoms with Gasteiger partial charge in [-0.05, 0) is 30.3 Å². The Hall–Kier alpha value is -3.42. The van der Waals surface area contributed by atoms with Crippen molar-refractivity contribution >= 4 is 34.8 Å². The number of nitrogens with one attached hydrogen (secondary N) is 1. The van der Waals surface area contributed by atoms with E-state index in [1.165, 1.54) is 24.5 Å². The fraction of sp³-hybridized carbons (Fsp3) is 0.0870. The van der Waals surface area contributed by atoms with Gasteiger partial charge in [0.25, 0.3) is 0 Å². The summed E-state index contributed by atoms with van der Waals surface area (Å²) in [5.41, 5.74) is 0.765. The Morgan fingerprint density at radius 1 is 1.06 bits per heavy atom. The molecule has 4 rings (SSSR count). The van der Waals surface area contributed by atoms with Crippen LogP contribution in [0.1, 0.15) is 12.3 Å². The summed E-state index contributed by atoms with van der Waals surface area (Å²) < 4.78 is 25.2. The van der Waals surface area contributed by atoms with Gasteiger partial charge in [-0.15, -0.1) is 0 Å². The van der Waals surface area contributed by atoms with Crippen molar-refractivity contribution in [3.63, 3.8) is 0 Å². The van der Waals surface area contributed by atoms with Crippen LogP contribution in [0.4, 0.5) is 10.1 Å². The summed E-state index contributed by atoms with van der Waals surface area (Å²) in [6.45, 7) is 0. The van der Waals surface area contributed by atoms with E-state index < -0.39 is 5.82 Å². The van der Waals surface area contributed by atoms with Crippen LogP contribution >= 0.6 is 23.2 Å². The van der Waals surface area contributed by atoms with Crippen molar-refractivity contribution in [2.45, 2.75) is 12.8 Å². The number of hydrogen-bond donors (Lipinski definition) is 1. The number of carbonyl (C=O) groups excluding carboxylic acids is 1. The summed E-state index contributed by atoms with van der Waals surface area (Å²) in [4.78, 5) is 20.7. The van der Waals surface area contributed by atoms with Gasteiger partial charge in [0.1, 0.15) is 10.8 Å². The number of anilines is 1. The molecule has 0 saturated carbocycles. The second kappa shape index (κ2) is 9.80. The average Bonchev–Trinajstić information content (AvgIpc) is 3.25. The Morgan fingerprint density at radius 3 is 2.66 bits per heavy atom. The molecule has 0 spiro atoms. The molecule has 0 atom stereocenters. The summed E-state index contributed by atoms with van der Waals surface area (Å²) in [6, 6.07) is 14.6. The van der Waals surface area contributed by atoms with E-state index in [0.717, 1.165) is 0 Å². The second-order valence-electron chi connectivity index (χ2n) is 6.69. The van der Waals surface area contributed by atoms with Gasteiger partial charge in [0.05, 0.1) is 22.5 Å². The van der Waals surface area contributed by atoms with Gasteiger partial charge < -0.3 is 14.5 Å². The van der Waals surface area contributed by atoms with E-state index >= 15 is 0 Å². The molecule has 0 aliphatic carbocycles. The molecule has 0 unspecified atom stereocenters. The highest BCUT2D eigenvalue weighted by atomic mass is 35.5. The van der Waals surface area contributed by atoms with Crippen molar-refractivity contribution < 1.29 is 18.3 Å². The van der Waals surface area contributed by atoms with Crippen molar-refractivity contribution in [1.29, 1.82) is 0 Å². The van der Waals surface area contributed by atoms with Crippen LogP contribution in [0.2, 0.25) is 10.0 Å². The first-order valence-electron chi connectivity index (χ1n) is 9.57. The molecule has 0 saturated heterocycles. The molecular formula is C23H16Cl2FN3O3. The number of ether oxygens (including phenoxy) is 1. The van der Waals surface area contributed by atoms with E-state index in [1.54, 1.807) is 42.5 Å². The van der Waals surface area contributed by atoms with Gasteiger partial charge in [-0.1, -0.05) is 47.5 Å². The highest BCUT2D eigenvalue weighted by Crippen LogP contribution is 2.33. The van der Waals surface area contributed by atoms with Gasteiger partial charge in [0.2, 0.25) is 11.8 Å². The van der Waals surface area contributed by atoms with E-state index in [9.17, 15) is 9.18 Å². The minimum Gasteiger partial charge on any atom is -0.441 e. The van der Waals surface area contributed by atoms with Gasteiger partial charge in [-0.3, -0.25) is 4.79 Å². The molecule has 0 bridgehead atoms. The van der Waals surface area contributed by atoms with E-state index in [-0.39, 0.29) is 29.7 Å². The maximum Gasteiger partial charge on any atom is 0.238 e. The van der Waals surface area contributed by atoms with Crippen molar-refractivity contribution in [2.75, 3.05) is 5.32 Å². The molecule has 4 aromatic rings. The molecule has 2 heterocycles. The first-order valence-corrected chi connectivity index (χ1v) is 10.3. The van der Waals surface area contributed by atoms with Crippen LogP contribution in [-0.4, -0.2) is 15.9 Å². The largest absolute Gasteiger partial charge is 0.441 e. The topological polar surface area (TPSA) is 77.2 Å². The fourth-order valence-corrected chi connectivity index (χ4v) is 3.30. The van der Waals surface area contributed by atoms with E-state index in [4.69, 9.17) is 32.4 Å². The lowest BCUT2D eigenvalue weighted by Crippen LogP contribution is -2.13. The van der Waals surface area contributed by atoms with Crippen LogP contribution < -0.4 is 10.1 Å². The van der Waals surface area contributed by atoms with Crippen LogP contribution in [0.25, 0.3) is 11.3 Å². The molecule has 0 radical (unpaired) electrons. The van der Waals surface area contributed by atoms with Crippen LogP contribution in [0.15, 0.2) is 71.4 Å². The van der Waals surface area contributed by atoms with Gasteiger partial charge in [-0.2, -0.15) is 0 Å². The molecule has 9 heteroatoms. The number of aromatic nitrogens is 2. The molecule has 1 amide bonds. The summed E-state index contributed by atoms with van der Waals surface area (Å²) in [5.74, 6) is 0.500. The molecule has 2 aromatic heterocycles. The lowest BCUT2D eigenvalue weighted by molar-refractivity contribution is -0.116. The predicted molar refractivity (Wildman–Crippen MR) is 120 cm³/mol. The van der Waals surface area contributed by atoms with Crippen molar-refractivity contribution in [3.05, 3.63) is 88.7 Å². The quantitative estimate of drug-likeness (QED) is 0.330. The monoisotopic (exact) mass is 471 g/mol. The first kappa shape index (κ1) is 21.8. The second-order valence-corrected chi connectivity index (χ2v) is 7.53. The van der Waals surface area contributed by atoms with Crippen molar-refractivity contribution in [2.24, 2.45) is 0 Å². The molecule has 0 aliphatic rings. The highest BCUT2D eigenvalue weighted by Gasteiger charge is 2.14. The highest BCUT2D eigenvalue weighted by molar-refractivity contribution is 6.35. The van der Waals surface area contributed by atoms with Crippen LogP contribution in [0, 0.1) is 5.82 Å². The van der Waals surface area contributed by atoms with Crippen LogP contribution in [0.5, 0.6) is 11.6 Å². The Morgan fingerprint density at radius 2 is 1.84 bits per heavy atom. The van der Waals surface area contributed by atoms with Gasteiger partial charge in [0.15, 0.2) is 17.4 Å². The Labute approximate surface area is 193 Å². The zero-order valence-electron chi connectivity index (χ0n) is 16.5. The normalized spacial score (nSPS) is 10.7. The average molecular weight is 472 g/mol. The number of amides is 1. The summed E-state index contributed by atoms with van der Waals surface area (Å²) in [5, 5.41) is 3.42. The number of pyridine rings is 1. The zero-order chi connectivity index (χ0) is 22.5. The maximum absolute atomic E-state index is 13.9. The Bertz CT molecular complexity index is 1260. The molecule has 0 aliphatic heterocycles. The minimum absolute atomic E-state index is 0.103. The molecule has 32 heavy (non-hydrogen) atoms. The number of nitrogens with zero attached hydrogens (tertiary/aromatic N) is 2. The summed E-state index contributed by atoms with van der Waals surface area (Å²) >= 11 is 12.0. The molecule has 1 N–H and O–H groups in total. The summed E-state index contributed by atoms with van der Waals surface area (Å²) in [7, 11) is 0. The Balaban J connectivity index is 1.39. The third kappa shape index (κ3) is 5.25. The fourth-order valence-electron chi connectivity index (χ4n) is 2.88. The number of hydrogen-bond acceptors (Lipinski definition) is 5. The number of oxazole rings is 1. The number of aryl methyl sites for hydroxylation is 1. The minimum atomic E-state index is -0.403. The standard InChI is InChI=1S/C23H16Cl2FN3O3/c24-14-11-16(25)23(28-12-14)32-19-8-4-3-7-18(19)29-21(30)9-10-22-27-13-20(31-22)15-5-1-2-6-17(15)26/h1-8,11-13H,9-10H2,(H,29,30). The number of halogens is 3. The maximum atomic E-state index is 13.9. The molecule has 162 valence electrons. The summed E-state index contributed by atoms with van der Waals surface area (Å²) in [6.07, 6.45) is 3.20. The number of para-hydroxylation sites is 2. The predicted octanol–water partition coefficient (Wildman–Crippen LogP) is 6.55. The molecule has 6 nitrogen and oxygen atoms in total. The van der Waals surface area contributed by atoms with E-state index in [1.807, 2.05) is 0 Å². The zero-order valence-corrected chi connectivity index (χ0v) is 18.0. The van der Waals surface area contributed by atoms with Gasteiger partial charge in [-0.25, -0.2) is 14.4 Å². The van der Waals surface area contributed by atoms with Crippen LogP contribution in [-0.2, 0) is 11.2 Å². The third-order valence-corrected chi connectivity index (χ3v) is 4.88. The smallest absolute Gasteiger partial charge is 0.238 e. The van der Waals surface area contributed by atoms with Gasteiger partial charge >= 0.3 is 0 Å². The number of rotatable bonds is 7. The lowest BCUT2D eigenvalue weighted by atomic mass is 10.2. The Kier molecular flexibility index (Phi) is 6.68. The number of carbonyl (C=O) groups is 1. The lowest BCUT2D eigenvalue weighted by Gasteiger charge is -2.12. The first-order chi connectivity index (χ1) is 15.5.